The van der Waals surface area contributed by atoms with Crippen molar-refractivity contribution in [3.05, 3.63) is 89.2 Å². The standard InChI is InChI=1S/C23H19F2N3O/c24-20-9-15-7-17(8-16(15)10-21(20)25)26-12-14-1-3-18(4-2-14)29-19-5-6-22-23(11-19)28-13-27-22/h1-6,9-11,13,17,26H,7-8,12H2,(H,27,28). The number of imidazole rings is 1. The van der Waals surface area contributed by atoms with Crippen LogP contribution in [-0.4, -0.2) is 16.0 Å². The topological polar surface area (TPSA) is 49.9 Å². The molecule has 146 valence electrons. The van der Waals surface area contributed by atoms with Crippen molar-refractivity contribution in [1.82, 2.24) is 15.3 Å². The van der Waals surface area contributed by atoms with Crippen molar-refractivity contribution in [2.45, 2.75) is 25.4 Å². The van der Waals surface area contributed by atoms with E-state index < -0.39 is 11.6 Å². The van der Waals surface area contributed by atoms with E-state index in [1.54, 1.807) is 6.33 Å². The van der Waals surface area contributed by atoms with E-state index in [1.165, 1.54) is 12.1 Å². The lowest BCUT2D eigenvalue weighted by molar-refractivity contribution is 0.482. The molecular formula is C23H19F2N3O. The summed E-state index contributed by atoms with van der Waals surface area (Å²) in [5.41, 5.74) is 4.73. The number of hydrogen-bond donors (Lipinski definition) is 2. The predicted octanol–water partition coefficient (Wildman–Crippen LogP) is 4.89. The van der Waals surface area contributed by atoms with Gasteiger partial charge >= 0.3 is 0 Å². The van der Waals surface area contributed by atoms with Gasteiger partial charge < -0.3 is 15.0 Å². The van der Waals surface area contributed by atoms with Gasteiger partial charge in [-0.05, 0) is 65.9 Å². The molecule has 0 amide bonds. The van der Waals surface area contributed by atoms with Gasteiger partial charge in [-0.25, -0.2) is 13.8 Å². The van der Waals surface area contributed by atoms with E-state index in [2.05, 4.69) is 15.3 Å². The molecule has 0 radical (unpaired) electrons. The predicted molar refractivity (Wildman–Crippen MR) is 107 cm³/mol. The highest BCUT2D eigenvalue weighted by Crippen LogP contribution is 2.26. The maximum absolute atomic E-state index is 13.4. The first kappa shape index (κ1) is 17.8. The van der Waals surface area contributed by atoms with Gasteiger partial charge in [-0.3, -0.25) is 0 Å². The van der Waals surface area contributed by atoms with Crippen molar-refractivity contribution in [1.29, 1.82) is 0 Å². The fourth-order valence-electron chi connectivity index (χ4n) is 3.81. The second-order valence-corrected chi connectivity index (χ2v) is 7.35. The van der Waals surface area contributed by atoms with Crippen LogP contribution >= 0.6 is 0 Å². The minimum Gasteiger partial charge on any atom is -0.457 e. The Balaban J connectivity index is 1.19. The number of rotatable bonds is 5. The molecule has 4 nitrogen and oxygen atoms in total. The van der Waals surface area contributed by atoms with Crippen molar-refractivity contribution in [2.24, 2.45) is 0 Å². The molecule has 29 heavy (non-hydrogen) atoms. The molecule has 1 aliphatic carbocycles. The quantitative estimate of drug-likeness (QED) is 0.509. The monoisotopic (exact) mass is 391 g/mol. The van der Waals surface area contributed by atoms with Crippen molar-refractivity contribution < 1.29 is 13.5 Å². The van der Waals surface area contributed by atoms with Gasteiger partial charge in [0.2, 0.25) is 0 Å². The van der Waals surface area contributed by atoms with Crippen LogP contribution in [0.2, 0.25) is 0 Å². The van der Waals surface area contributed by atoms with Gasteiger partial charge in [-0.1, -0.05) is 12.1 Å². The smallest absolute Gasteiger partial charge is 0.159 e. The number of halogens is 2. The lowest BCUT2D eigenvalue weighted by Gasteiger charge is -2.12. The van der Waals surface area contributed by atoms with Gasteiger partial charge in [0.15, 0.2) is 11.6 Å². The van der Waals surface area contributed by atoms with Crippen LogP contribution in [0, 0.1) is 11.6 Å². The molecule has 1 heterocycles. The number of ether oxygens (including phenoxy) is 1. The number of nitrogens with zero attached hydrogens (tertiary/aromatic N) is 1. The highest BCUT2D eigenvalue weighted by Gasteiger charge is 2.23. The normalized spacial score (nSPS) is 13.7. The molecule has 1 aliphatic rings. The van der Waals surface area contributed by atoms with Crippen LogP contribution in [0.3, 0.4) is 0 Å². The molecular weight excluding hydrogens is 372 g/mol. The van der Waals surface area contributed by atoms with Gasteiger partial charge in [-0.15, -0.1) is 0 Å². The average Bonchev–Trinajstić information content (AvgIpc) is 3.34. The molecule has 3 aromatic carbocycles. The van der Waals surface area contributed by atoms with Gasteiger partial charge in [0.25, 0.3) is 0 Å². The Morgan fingerprint density at radius 3 is 2.34 bits per heavy atom. The third kappa shape index (κ3) is 3.71. The summed E-state index contributed by atoms with van der Waals surface area (Å²) in [6, 6.07) is 16.4. The summed E-state index contributed by atoms with van der Waals surface area (Å²) in [7, 11) is 0. The lowest BCUT2D eigenvalue weighted by Crippen LogP contribution is -2.28. The number of nitrogens with one attached hydrogen (secondary N) is 2. The van der Waals surface area contributed by atoms with Crippen LogP contribution in [0.15, 0.2) is 60.9 Å². The van der Waals surface area contributed by atoms with E-state index in [-0.39, 0.29) is 6.04 Å². The lowest BCUT2D eigenvalue weighted by atomic mass is 10.1. The third-order valence-electron chi connectivity index (χ3n) is 5.32. The maximum Gasteiger partial charge on any atom is 0.159 e. The molecule has 2 N–H and O–H groups in total. The summed E-state index contributed by atoms with van der Waals surface area (Å²) in [6.45, 7) is 0.685. The highest BCUT2D eigenvalue weighted by molar-refractivity contribution is 5.76. The zero-order valence-corrected chi connectivity index (χ0v) is 15.6. The van der Waals surface area contributed by atoms with Crippen LogP contribution in [0.4, 0.5) is 8.78 Å². The summed E-state index contributed by atoms with van der Waals surface area (Å²) < 4.78 is 32.7. The summed E-state index contributed by atoms with van der Waals surface area (Å²) in [4.78, 5) is 7.27. The second-order valence-electron chi connectivity index (χ2n) is 7.35. The molecule has 0 atom stereocenters. The molecule has 0 saturated heterocycles. The Labute approximate surface area is 166 Å². The van der Waals surface area contributed by atoms with E-state index >= 15 is 0 Å². The summed E-state index contributed by atoms with van der Waals surface area (Å²) >= 11 is 0. The number of fused-ring (bicyclic) bond motifs is 2. The minimum absolute atomic E-state index is 0.184. The van der Waals surface area contributed by atoms with Gasteiger partial charge in [0.1, 0.15) is 11.5 Å². The maximum atomic E-state index is 13.4. The van der Waals surface area contributed by atoms with Crippen LogP contribution < -0.4 is 10.1 Å². The Hall–Kier alpha value is -3.25. The molecule has 0 unspecified atom stereocenters. The zero-order valence-electron chi connectivity index (χ0n) is 15.6. The summed E-state index contributed by atoms with van der Waals surface area (Å²) in [5.74, 6) is -0.0408. The zero-order chi connectivity index (χ0) is 19.8. The van der Waals surface area contributed by atoms with E-state index in [0.717, 1.165) is 39.2 Å². The number of aromatic nitrogens is 2. The fourth-order valence-corrected chi connectivity index (χ4v) is 3.81. The third-order valence-corrected chi connectivity index (χ3v) is 5.32. The average molecular weight is 391 g/mol. The Bertz CT molecular complexity index is 1140. The van der Waals surface area contributed by atoms with E-state index in [1.807, 2.05) is 42.5 Å². The molecule has 0 saturated carbocycles. The van der Waals surface area contributed by atoms with Crippen molar-refractivity contribution in [3.63, 3.8) is 0 Å². The van der Waals surface area contributed by atoms with Crippen LogP contribution in [0.1, 0.15) is 16.7 Å². The number of H-pyrrole nitrogens is 1. The van der Waals surface area contributed by atoms with Crippen molar-refractivity contribution in [2.75, 3.05) is 0 Å². The number of benzene rings is 3. The Morgan fingerprint density at radius 1 is 0.931 bits per heavy atom. The highest BCUT2D eigenvalue weighted by atomic mass is 19.2. The molecule has 4 aromatic rings. The van der Waals surface area contributed by atoms with Crippen LogP contribution in [0.25, 0.3) is 11.0 Å². The Kier molecular flexibility index (Phi) is 4.48. The molecule has 0 aliphatic heterocycles. The first-order valence-electron chi connectivity index (χ1n) is 9.54. The largest absolute Gasteiger partial charge is 0.457 e. The molecule has 0 fully saturated rings. The SMILES string of the molecule is Fc1cc2c(cc1F)CC(NCc1ccc(Oc3ccc4nc[nH]c4c3)cc1)C2. The molecule has 5 rings (SSSR count). The molecule has 1 aromatic heterocycles. The van der Waals surface area contributed by atoms with Crippen LogP contribution in [0.5, 0.6) is 11.5 Å². The molecule has 6 heteroatoms. The Morgan fingerprint density at radius 2 is 1.62 bits per heavy atom. The van der Waals surface area contributed by atoms with E-state index in [4.69, 9.17) is 4.74 Å². The van der Waals surface area contributed by atoms with Crippen molar-refractivity contribution in [3.8, 4) is 11.5 Å². The van der Waals surface area contributed by atoms with E-state index in [0.29, 0.717) is 19.4 Å². The van der Waals surface area contributed by atoms with Gasteiger partial charge in [-0.2, -0.15) is 0 Å². The number of hydrogen-bond acceptors (Lipinski definition) is 3. The van der Waals surface area contributed by atoms with Gasteiger partial charge in [0, 0.05) is 18.7 Å². The van der Waals surface area contributed by atoms with E-state index in [9.17, 15) is 8.78 Å². The number of aromatic amines is 1. The first-order valence-corrected chi connectivity index (χ1v) is 9.54. The van der Waals surface area contributed by atoms with Gasteiger partial charge in [0.05, 0.1) is 17.4 Å². The van der Waals surface area contributed by atoms with Crippen molar-refractivity contribution >= 4 is 11.0 Å². The first-order chi connectivity index (χ1) is 14.1. The minimum atomic E-state index is -0.772. The fraction of sp³-hybridized carbons (Fsp3) is 0.174. The summed E-state index contributed by atoms with van der Waals surface area (Å²) in [5, 5.41) is 3.47. The molecule has 0 bridgehead atoms. The second kappa shape index (κ2) is 7.29. The summed E-state index contributed by atoms with van der Waals surface area (Å²) in [6.07, 6.45) is 3.08. The van der Waals surface area contributed by atoms with Crippen LogP contribution in [-0.2, 0) is 19.4 Å². The molecule has 0 spiro atoms.